The van der Waals surface area contributed by atoms with E-state index in [1.54, 1.807) is 12.1 Å². The van der Waals surface area contributed by atoms with Gasteiger partial charge >= 0.3 is 0 Å². The van der Waals surface area contributed by atoms with Crippen LogP contribution in [0, 0.1) is 0 Å². The van der Waals surface area contributed by atoms with Gasteiger partial charge in [0, 0.05) is 5.56 Å². The summed E-state index contributed by atoms with van der Waals surface area (Å²) in [5, 5.41) is 13.8. The Balaban J connectivity index is 1.95. The fraction of sp³-hybridized carbons (Fsp3) is 0.381. The molecule has 0 aliphatic carbocycles. The average Bonchev–Trinajstić information content (AvgIpc) is 2.62. The van der Waals surface area contributed by atoms with Gasteiger partial charge in [-0.1, -0.05) is 58.7 Å². The molecule has 140 valence electrons. The maximum absolute atomic E-state index is 9.37. The number of hydrogen-bond donors (Lipinski definition) is 1. The molecule has 2 aromatic carbocycles. The van der Waals surface area contributed by atoms with Crippen LogP contribution in [0.3, 0.4) is 0 Å². The summed E-state index contributed by atoms with van der Waals surface area (Å²) < 4.78 is 0. The number of hydrogen-bond acceptors (Lipinski definition) is 3. The van der Waals surface area contributed by atoms with Crippen LogP contribution < -0.4 is 0 Å². The van der Waals surface area contributed by atoms with Crippen LogP contribution >= 0.6 is 23.2 Å². The third kappa shape index (κ3) is 6.31. The Bertz CT molecular complexity index is 745. The molecule has 5 heteroatoms. The van der Waals surface area contributed by atoms with Gasteiger partial charge in [0.05, 0.1) is 15.8 Å². The molecule has 0 heterocycles. The van der Waals surface area contributed by atoms with E-state index >= 15 is 0 Å². The van der Waals surface area contributed by atoms with E-state index in [0.717, 1.165) is 37.8 Å². The van der Waals surface area contributed by atoms with Gasteiger partial charge in [-0.15, -0.1) is 0 Å². The fourth-order valence-corrected chi connectivity index (χ4v) is 3.30. The van der Waals surface area contributed by atoms with Gasteiger partial charge in [0.25, 0.3) is 0 Å². The standard InChI is InChI=1S/C21H26Cl2N2O/c1-25(2)14-6-10-17-8-4-3-7-16(17)9-5-11-21(24-26)18-12-13-19(22)20(23)15-18/h3-4,7-8,12-13,15,26H,5-6,9-11,14H2,1-2H3. The number of rotatable bonds is 9. The minimum Gasteiger partial charge on any atom is -0.411 e. The van der Waals surface area contributed by atoms with E-state index in [1.165, 1.54) is 11.1 Å². The van der Waals surface area contributed by atoms with Crippen molar-refractivity contribution >= 4 is 28.9 Å². The van der Waals surface area contributed by atoms with Crippen molar-refractivity contribution in [1.82, 2.24) is 4.90 Å². The normalized spacial score (nSPS) is 12.0. The second-order valence-corrected chi connectivity index (χ2v) is 7.52. The summed E-state index contributed by atoms with van der Waals surface area (Å²) in [5.41, 5.74) is 4.22. The largest absolute Gasteiger partial charge is 0.411 e. The predicted octanol–water partition coefficient (Wildman–Crippen LogP) is 5.69. The summed E-state index contributed by atoms with van der Waals surface area (Å²) in [6.07, 6.45) is 4.78. The lowest BCUT2D eigenvalue weighted by Crippen LogP contribution is -2.13. The first kappa shape index (κ1) is 20.8. The van der Waals surface area contributed by atoms with Gasteiger partial charge in [-0.05, 0) is 76.0 Å². The topological polar surface area (TPSA) is 35.8 Å². The quantitative estimate of drug-likeness (QED) is 0.338. The smallest absolute Gasteiger partial charge is 0.0868 e. The van der Waals surface area contributed by atoms with Crippen LogP contribution in [0.2, 0.25) is 10.0 Å². The van der Waals surface area contributed by atoms with Crippen LogP contribution in [-0.2, 0) is 12.8 Å². The van der Waals surface area contributed by atoms with Gasteiger partial charge in [0.15, 0.2) is 0 Å². The third-order valence-corrected chi connectivity index (χ3v) is 5.14. The predicted molar refractivity (Wildman–Crippen MR) is 111 cm³/mol. The van der Waals surface area contributed by atoms with Crippen molar-refractivity contribution in [2.45, 2.75) is 32.1 Å². The molecule has 0 fully saturated rings. The maximum atomic E-state index is 9.37. The van der Waals surface area contributed by atoms with Crippen molar-refractivity contribution in [2.24, 2.45) is 5.16 Å². The molecule has 3 nitrogen and oxygen atoms in total. The molecule has 0 saturated carbocycles. The molecule has 1 N–H and O–H groups in total. The number of aryl methyl sites for hydroxylation is 2. The molecule has 0 aliphatic rings. The molecule has 2 rings (SSSR count). The molecule has 2 aromatic rings. The third-order valence-electron chi connectivity index (χ3n) is 4.40. The van der Waals surface area contributed by atoms with Crippen LogP contribution in [0.5, 0.6) is 0 Å². The zero-order valence-electron chi connectivity index (χ0n) is 15.4. The molecular formula is C21H26Cl2N2O. The van der Waals surface area contributed by atoms with Gasteiger partial charge in [-0.2, -0.15) is 0 Å². The van der Waals surface area contributed by atoms with E-state index < -0.39 is 0 Å². The first-order valence-corrected chi connectivity index (χ1v) is 9.64. The highest BCUT2D eigenvalue weighted by molar-refractivity contribution is 6.42. The van der Waals surface area contributed by atoms with Crippen molar-refractivity contribution in [1.29, 1.82) is 0 Å². The molecule has 0 spiro atoms. The summed E-state index contributed by atoms with van der Waals surface area (Å²) in [7, 11) is 4.20. The minimum atomic E-state index is 0.469. The van der Waals surface area contributed by atoms with E-state index in [1.807, 2.05) is 6.07 Å². The molecular weight excluding hydrogens is 367 g/mol. The van der Waals surface area contributed by atoms with E-state index in [0.29, 0.717) is 22.2 Å². The van der Waals surface area contributed by atoms with Gasteiger partial charge in [-0.25, -0.2) is 0 Å². The Morgan fingerprint density at radius 2 is 1.62 bits per heavy atom. The van der Waals surface area contributed by atoms with Crippen LogP contribution in [0.25, 0.3) is 0 Å². The average molecular weight is 393 g/mol. The SMILES string of the molecule is CN(C)CCCc1ccccc1CCCC(=NO)c1ccc(Cl)c(Cl)c1. The Kier molecular flexibility index (Phi) is 8.43. The second-order valence-electron chi connectivity index (χ2n) is 6.70. The number of nitrogens with zero attached hydrogens (tertiary/aromatic N) is 2. The van der Waals surface area contributed by atoms with Gasteiger partial charge < -0.3 is 10.1 Å². The number of oxime groups is 1. The van der Waals surface area contributed by atoms with Crippen LogP contribution in [-0.4, -0.2) is 36.5 Å². The molecule has 0 radical (unpaired) electrons. The van der Waals surface area contributed by atoms with E-state index in [2.05, 4.69) is 48.4 Å². The van der Waals surface area contributed by atoms with Crippen molar-refractivity contribution in [3.05, 3.63) is 69.2 Å². The molecule has 0 amide bonds. The molecule has 0 aliphatic heterocycles. The minimum absolute atomic E-state index is 0.469. The summed E-state index contributed by atoms with van der Waals surface area (Å²) in [4.78, 5) is 2.21. The highest BCUT2D eigenvalue weighted by Crippen LogP contribution is 2.24. The Hall–Kier alpha value is -1.55. The summed E-state index contributed by atoms with van der Waals surface area (Å²) in [6, 6.07) is 13.9. The highest BCUT2D eigenvalue weighted by Gasteiger charge is 2.09. The molecule has 26 heavy (non-hydrogen) atoms. The Labute approximate surface area is 166 Å². The lowest BCUT2D eigenvalue weighted by molar-refractivity contribution is 0.318. The summed E-state index contributed by atoms with van der Waals surface area (Å²) in [5.74, 6) is 0. The summed E-state index contributed by atoms with van der Waals surface area (Å²) >= 11 is 12.0. The van der Waals surface area contributed by atoms with Gasteiger partial charge in [0.2, 0.25) is 0 Å². The van der Waals surface area contributed by atoms with E-state index in [9.17, 15) is 5.21 Å². The molecule has 0 aromatic heterocycles. The van der Waals surface area contributed by atoms with Crippen molar-refractivity contribution in [2.75, 3.05) is 20.6 Å². The van der Waals surface area contributed by atoms with Gasteiger partial charge in [0.1, 0.15) is 0 Å². The lowest BCUT2D eigenvalue weighted by Gasteiger charge is -2.12. The fourth-order valence-electron chi connectivity index (χ4n) is 3.01. The van der Waals surface area contributed by atoms with Crippen molar-refractivity contribution < 1.29 is 5.21 Å². The van der Waals surface area contributed by atoms with E-state index in [-0.39, 0.29) is 0 Å². The Morgan fingerprint density at radius 3 is 2.19 bits per heavy atom. The van der Waals surface area contributed by atoms with Crippen molar-refractivity contribution in [3.63, 3.8) is 0 Å². The van der Waals surface area contributed by atoms with E-state index in [4.69, 9.17) is 23.2 Å². The zero-order chi connectivity index (χ0) is 18.9. The number of benzene rings is 2. The first-order chi connectivity index (χ1) is 12.5. The Morgan fingerprint density at radius 1 is 0.962 bits per heavy atom. The summed E-state index contributed by atoms with van der Waals surface area (Å²) in [6.45, 7) is 1.09. The molecule has 0 unspecified atom stereocenters. The zero-order valence-corrected chi connectivity index (χ0v) is 16.9. The van der Waals surface area contributed by atoms with Crippen LogP contribution in [0.15, 0.2) is 47.6 Å². The van der Waals surface area contributed by atoms with Crippen LogP contribution in [0.4, 0.5) is 0 Å². The van der Waals surface area contributed by atoms with Crippen LogP contribution in [0.1, 0.15) is 36.0 Å². The first-order valence-electron chi connectivity index (χ1n) is 8.89. The number of halogens is 2. The van der Waals surface area contributed by atoms with Gasteiger partial charge in [-0.3, -0.25) is 0 Å². The molecule has 0 saturated heterocycles. The van der Waals surface area contributed by atoms with Crippen molar-refractivity contribution in [3.8, 4) is 0 Å². The molecule has 0 atom stereocenters. The lowest BCUT2D eigenvalue weighted by atomic mass is 9.96. The second kappa shape index (κ2) is 10.6. The highest BCUT2D eigenvalue weighted by atomic mass is 35.5. The maximum Gasteiger partial charge on any atom is 0.0868 e. The monoisotopic (exact) mass is 392 g/mol. The molecule has 0 bridgehead atoms.